The van der Waals surface area contributed by atoms with Gasteiger partial charge in [0.05, 0.1) is 0 Å². The molecule has 2 heteroatoms. The molecule has 0 amide bonds. The molecule has 3 rings (SSSR count). The lowest BCUT2D eigenvalue weighted by Gasteiger charge is -2.29. The molecule has 2 aromatic rings. The summed E-state index contributed by atoms with van der Waals surface area (Å²) in [6.45, 7) is 3.22. The lowest BCUT2D eigenvalue weighted by molar-refractivity contribution is 0.693. The fourth-order valence-electron chi connectivity index (χ4n) is 3.21. The zero-order valence-electron chi connectivity index (χ0n) is 12.8. The number of hydrogen-bond acceptors (Lipinski definition) is 2. The van der Waals surface area contributed by atoms with E-state index in [1.807, 2.05) is 0 Å². The summed E-state index contributed by atoms with van der Waals surface area (Å²) in [6, 6.07) is 17.5. The van der Waals surface area contributed by atoms with E-state index in [0.29, 0.717) is 0 Å². The maximum Gasteiger partial charge on any atom is 0.0459 e. The lowest BCUT2D eigenvalue weighted by atomic mass is 10.0. The summed E-state index contributed by atoms with van der Waals surface area (Å²) in [6.07, 6.45) is 4.63. The topological polar surface area (TPSA) is 29.3 Å². The minimum atomic E-state index is 0.108. The second kappa shape index (κ2) is 6.31. The van der Waals surface area contributed by atoms with E-state index in [9.17, 15) is 0 Å². The van der Waals surface area contributed by atoms with Crippen molar-refractivity contribution in [2.24, 2.45) is 5.73 Å². The molecule has 0 unspecified atom stereocenters. The Morgan fingerprint density at radius 3 is 2.52 bits per heavy atom. The Morgan fingerprint density at radius 2 is 1.71 bits per heavy atom. The number of rotatable bonds is 3. The predicted molar refractivity (Wildman–Crippen MR) is 90.0 cm³/mol. The summed E-state index contributed by atoms with van der Waals surface area (Å²) in [7, 11) is 0. The summed E-state index contributed by atoms with van der Waals surface area (Å²) in [5, 5.41) is 0. The molecule has 1 atom stereocenters. The number of nitrogens with zero attached hydrogens (tertiary/aromatic N) is 1. The molecular formula is C19H24N2. The van der Waals surface area contributed by atoms with Crippen LogP contribution >= 0.6 is 0 Å². The first-order chi connectivity index (χ1) is 10.3. The van der Waals surface area contributed by atoms with Gasteiger partial charge in [-0.1, -0.05) is 43.3 Å². The average Bonchev–Trinajstić information content (AvgIpc) is 2.76. The van der Waals surface area contributed by atoms with Crippen LogP contribution in [0.2, 0.25) is 0 Å². The molecule has 0 radical (unpaired) electrons. The van der Waals surface area contributed by atoms with E-state index in [0.717, 1.165) is 13.0 Å². The van der Waals surface area contributed by atoms with Gasteiger partial charge < -0.3 is 10.6 Å². The summed E-state index contributed by atoms with van der Waals surface area (Å²) < 4.78 is 0. The summed E-state index contributed by atoms with van der Waals surface area (Å²) in [5.74, 6) is 0. The maximum absolute atomic E-state index is 6.33. The van der Waals surface area contributed by atoms with Gasteiger partial charge >= 0.3 is 0 Å². The van der Waals surface area contributed by atoms with Crippen LogP contribution in [0.15, 0.2) is 48.5 Å². The van der Waals surface area contributed by atoms with E-state index in [-0.39, 0.29) is 6.04 Å². The van der Waals surface area contributed by atoms with Crippen LogP contribution < -0.4 is 10.6 Å². The number of aryl methyl sites for hydroxylation is 1. The first-order valence-electron chi connectivity index (χ1n) is 8.01. The van der Waals surface area contributed by atoms with E-state index in [2.05, 4.69) is 60.4 Å². The van der Waals surface area contributed by atoms with Crippen LogP contribution in [0.5, 0.6) is 0 Å². The normalized spacial score (nSPS) is 16.2. The number of anilines is 2. The van der Waals surface area contributed by atoms with Crippen molar-refractivity contribution in [2.75, 3.05) is 11.4 Å². The highest BCUT2D eigenvalue weighted by Gasteiger charge is 2.20. The Bertz CT molecular complexity index is 606. The molecule has 0 aromatic heterocycles. The van der Waals surface area contributed by atoms with E-state index >= 15 is 0 Å². The van der Waals surface area contributed by atoms with Gasteiger partial charge in [-0.05, 0) is 48.9 Å². The smallest absolute Gasteiger partial charge is 0.0459 e. The molecule has 21 heavy (non-hydrogen) atoms. The molecule has 1 aliphatic rings. The van der Waals surface area contributed by atoms with E-state index < -0.39 is 0 Å². The minimum Gasteiger partial charge on any atom is -0.341 e. The molecular weight excluding hydrogens is 256 g/mol. The molecule has 2 nitrogen and oxygen atoms in total. The molecule has 1 heterocycles. The molecule has 0 bridgehead atoms. The van der Waals surface area contributed by atoms with Gasteiger partial charge in [-0.3, -0.25) is 0 Å². The highest BCUT2D eigenvalue weighted by molar-refractivity contribution is 5.70. The Kier molecular flexibility index (Phi) is 4.26. The Hall–Kier alpha value is -1.80. The van der Waals surface area contributed by atoms with Gasteiger partial charge in [0.1, 0.15) is 0 Å². The van der Waals surface area contributed by atoms with Crippen molar-refractivity contribution in [2.45, 2.75) is 38.6 Å². The van der Waals surface area contributed by atoms with Crippen LogP contribution in [0, 0.1) is 0 Å². The van der Waals surface area contributed by atoms with Gasteiger partial charge in [0.15, 0.2) is 0 Å². The van der Waals surface area contributed by atoms with Gasteiger partial charge in [0.25, 0.3) is 0 Å². The molecule has 0 aliphatic carbocycles. The minimum absolute atomic E-state index is 0.108. The third-order valence-electron chi connectivity index (χ3n) is 4.43. The number of hydrogen-bond donors (Lipinski definition) is 1. The van der Waals surface area contributed by atoms with E-state index in [1.54, 1.807) is 0 Å². The zero-order valence-corrected chi connectivity index (χ0v) is 12.8. The van der Waals surface area contributed by atoms with Crippen LogP contribution in [-0.2, 0) is 6.42 Å². The number of para-hydroxylation sites is 2. The van der Waals surface area contributed by atoms with Gasteiger partial charge in [0.2, 0.25) is 0 Å². The number of nitrogens with two attached hydrogens (primary N) is 1. The molecule has 0 fully saturated rings. The third kappa shape index (κ3) is 2.81. The van der Waals surface area contributed by atoms with Crippen molar-refractivity contribution < 1.29 is 0 Å². The van der Waals surface area contributed by atoms with Gasteiger partial charge in [-0.15, -0.1) is 0 Å². The summed E-state index contributed by atoms with van der Waals surface area (Å²) in [4.78, 5) is 2.47. The van der Waals surface area contributed by atoms with Crippen molar-refractivity contribution in [1.82, 2.24) is 0 Å². The molecule has 110 valence electrons. The van der Waals surface area contributed by atoms with Crippen LogP contribution in [0.3, 0.4) is 0 Å². The van der Waals surface area contributed by atoms with Crippen molar-refractivity contribution >= 4 is 11.4 Å². The monoisotopic (exact) mass is 280 g/mol. The second-order valence-corrected chi connectivity index (χ2v) is 5.81. The second-order valence-electron chi connectivity index (χ2n) is 5.81. The predicted octanol–water partition coefficient (Wildman–Crippen LogP) is 4.57. The first-order valence-corrected chi connectivity index (χ1v) is 8.01. The SMILES string of the molecule is CC[C@H](N)c1ccccc1N1CCCCc2ccccc21. The highest BCUT2D eigenvalue weighted by Crippen LogP contribution is 2.36. The van der Waals surface area contributed by atoms with Gasteiger partial charge in [-0.2, -0.15) is 0 Å². The molecule has 1 aliphatic heterocycles. The van der Waals surface area contributed by atoms with E-state index in [1.165, 1.54) is 41.8 Å². The molecule has 0 spiro atoms. The third-order valence-corrected chi connectivity index (χ3v) is 4.43. The summed E-state index contributed by atoms with van der Waals surface area (Å²) in [5.41, 5.74) is 11.7. The molecule has 2 N–H and O–H groups in total. The standard InChI is InChI=1S/C19H24N2/c1-2-17(20)16-11-4-6-13-19(16)21-14-8-7-10-15-9-3-5-12-18(15)21/h3-6,9,11-13,17H,2,7-8,10,14,20H2,1H3/t17-/m0/s1. The molecule has 0 saturated heterocycles. The van der Waals surface area contributed by atoms with Crippen molar-refractivity contribution in [3.05, 3.63) is 59.7 Å². The Morgan fingerprint density at radius 1 is 1.00 bits per heavy atom. The fraction of sp³-hybridized carbons (Fsp3) is 0.368. The number of benzene rings is 2. The van der Waals surface area contributed by atoms with Crippen molar-refractivity contribution in [3.63, 3.8) is 0 Å². The average molecular weight is 280 g/mol. The van der Waals surface area contributed by atoms with Crippen molar-refractivity contribution in [1.29, 1.82) is 0 Å². The van der Waals surface area contributed by atoms with Crippen LogP contribution in [-0.4, -0.2) is 6.54 Å². The van der Waals surface area contributed by atoms with Crippen LogP contribution in [0.25, 0.3) is 0 Å². The lowest BCUT2D eigenvalue weighted by Crippen LogP contribution is -2.21. The fourth-order valence-corrected chi connectivity index (χ4v) is 3.21. The number of fused-ring (bicyclic) bond motifs is 1. The molecule has 0 saturated carbocycles. The summed E-state index contributed by atoms with van der Waals surface area (Å²) >= 11 is 0. The quantitative estimate of drug-likeness (QED) is 0.892. The Labute approximate surface area is 127 Å². The van der Waals surface area contributed by atoms with Crippen LogP contribution in [0.4, 0.5) is 11.4 Å². The first kappa shape index (κ1) is 14.2. The molecule has 2 aromatic carbocycles. The van der Waals surface area contributed by atoms with Gasteiger partial charge in [-0.25, -0.2) is 0 Å². The van der Waals surface area contributed by atoms with Crippen molar-refractivity contribution in [3.8, 4) is 0 Å². The van der Waals surface area contributed by atoms with Gasteiger partial charge in [0, 0.05) is 24.0 Å². The maximum atomic E-state index is 6.33. The largest absolute Gasteiger partial charge is 0.341 e. The highest BCUT2D eigenvalue weighted by atomic mass is 15.1. The van der Waals surface area contributed by atoms with Crippen LogP contribution in [0.1, 0.15) is 43.4 Å². The zero-order chi connectivity index (χ0) is 14.7. The Balaban J connectivity index is 2.08. The van der Waals surface area contributed by atoms with E-state index in [4.69, 9.17) is 5.73 Å².